The van der Waals surface area contributed by atoms with Crippen LogP contribution >= 0.6 is 0 Å². The second kappa shape index (κ2) is 11.5. The number of nitrogens with zero attached hydrogens (tertiary/aromatic N) is 1. The lowest BCUT2D eigenvalue weighted by atomic mass is 9.98. The van der Waals surface area contributed by atoms with Crippen LogP contribution in [0.15, 0.2) is 72.8 Å². The molecule has 8 heteroatoms. The Morgan fingerprint density at radius 3 is 2.29 bits per heavy atom. The summed E-state index contributed by atoms with van der Waals surface area (Å²) in [7, 11) is 0. The zero-order valence-electron chi connectivity index (χ0n) is 21.3. The molecule has 3 amide bonds. The summed E-state index contributed by atoms with van der Waals surface area (Å²) in [4.78, 5) is 39.5. The molecule has 0 saturated carbocycles. The average molecular weight is 514 g/mol. The van der Waals surface area contributed by atoms with Gasteiger partial charge < -0.3 is 25.0 Å². The van der Waals surface area contributed by atoms with E-state index < -0.39 is 12.1 Å². The van der Waals surface area contributed by atoms with Gasteiger partial charge in [-0.2, -0.15) is 0 Å². The van der Waals surface area contributed by atoms with E-state index in [4.69, 9.17) is 9.47 Å². The molecule has 38 heavy (non-hydrogen) atoms. The summed E-state index contributed by atoms with van der Waals surface area (Å²) < 4.78 is 10.8. The number of ether oxygens (including phenoxy) is 2. The van der Waals surface area contributed by atoms with Crippen LogP contribution in [0.25, 0.3) is 11.1 Å². The highest BCUT2D eigenvalue weighted by Crippen LogP contribution is 2.44. The molecule has 0 bridgehead atoms. The summed E-state index contributed by atoms with van der Waals surface area (Å²) in [5, 5.41) is 5.60. The quantitative estimate of drug-likeness (QED) is 0.455. The molecule has 2 aliphatic rings. The molecule has 1 heterocycles. The second-order valence-electron chi connectivity index (χ2n) is 9.45. The van der Waals surface area contributed by atoms with Crippen molar-refractivity contribution in [3.05, 3.63) is 83.9 Å². The average Bonchev–Trinajstić information content (AvgIpc) is 3.26. The number of carbonyl (C=O) groups excluding carboxylic acids is 3. The molecule has 5 rings (SSSR count). The molecule has 8 nitrogen and oxygen atoms in total. The van der Waals surface area contributed by atoms with Crippen LogP contribution < -0.4 is 15.5 Å². The summed E-state index contributed by atoms with van der Waals surface area (Å²) in [6.45, 7) is 3.19. The third kappa shape index (κ3) is 5.40. The number of hydrogen-bond acceptors (Lipinski definition) is 5. The van der Waals surface area contributed by atoms with Gasteiger partial charge in [-0.25, -0.2) is 4.79 Å². The lowest BCUT2D eigenvalue weighted by Gasteiger charge is -2.27. The van der Waals surface area contributed by atoms with E-state index in [1.54, 1.807) is 29.2 Å². The van der Waals surface area contributed by atoms with Gasteiger partial charge in [0, 0.05) is 23.8 Å². The van der Waals surface area contributed by atoms with Crippen molar-refractivity contribution in [3.8, 4) is 11.1 Å². The lowest BCUT2D eigenvalue weighted by Crippen LogP contribution is -2.44. The van der Waals surface area contributed by atoms with Crippen LogP contribution in [0, 0.1) is 0 Å². The first-order valence-corrected chi connectivity index (χ1v) is 13.0. The van der Waals surface area contributed by atoms with Crippen LogP contribution in [0.1, 0.15) is 36.8 Å². The second-order valence-corrected chi connectivity index (χ2v) is 9.45. The fourth-order valence-electron chi connectivity index (χ4n) is 5.08. The lowest BCUT2D eigenvalue weighted by molar-refractivity contribution is -0.125. The number of carbonyl (C=O) groups is 3. The fraction of sp³-hybridized carbons (Fsp3) is 0.300. The number of rotatable bonds is 8. The van der Waals surface area contributed by atoms with Gasteiger partial charge in [0.15, 0.2) is 0 Å². The van der Waals surface area contributed by atoms with Crippen LogP contribution in [0.4, 0.5) is 16.2 Å². The Bertz CT molecular complexity index is 1280. The number of anilines is 2. The third-order valence-electron chi connectivity index (χ3n) is 6.96. The van der Waals surface area contributed by atoms with Crippen molar-refractivity contribution in [1.82, 2.24) is 5.32 Å². The zero-order chi connectivity index (χ0) is 26.5. The molecule has 3 aromatic rings. The molecule has 1 aliphatic heterocycles. The van der Waals surface area contributed by atoms with E-state index in [1.165, 1.54) is 0 Å². The first-order chi connectivity index (χ1) is 18.5. The van der Waals surface area contributed by atoms with Crippen LogP contribution in [0.3, 0.4) is 0 Å². The van der Waals surface area contributed by atoms with E-state index in [-0.39, 0.29) is 30.9 Å². The van der Waals surface area contributed by atoms with E-state index in [2.05, 4.69) is 34.9 Å². The number of benzene rings is 3. The van der Waals surface area contributed by atoms with Crippen molar-refractivity contribution in [1.29, 1.82) is 0 Å². The van der Waals surface area contributed by atoms with Gasteiger partial charge in [0.05, 0.1) is 6.61 Å². The van der Waals surface area contributed by atoms with Crippen LogP contribution in [0.2, 0.25) is 0 Å². The Hall–Kier alpha value is -4.17. The molecular weight excluding hydrogens is 482 g/mol. The number of alkyl carbamates (subject to hydrolysis) is 1. The summed E-state index contributed by atoms with van der Waals surface area (Å²) in [5.74, 6) is -0.470. The van der Waals surface area contributed by atoms with Crippen LogP contribution in [-0.4, -0.2) is 50.3 Å². The molecule has 1 saturated heterocycles. The van der Waals surface area contributed by atoms with Gasteiger partial charge in [0.2, 0.25) is 5.91 Å². The smallest absolute Gasteiger partial charge is 0.407 e. The minimum atomic E-state index is -0.740. The Kier molecular flexibility index (Phi) is 7.70. The van der Waals surface area contributed by atoms with Crippen molar-refractivity contribution in [2.24, 2.45) is 0 Å². The molecule has 1 atom stereocenters. The number of morpholine rings is 1. The van der Waals surface area contributed by atoms with Gasteiger partial charge in [0.1, 0.15) is 19.3 Å². The van der Waals surface area contributed by atoms with Crippen molar-refractivity contribution in [3.63, 3.8) is 0 Å². The molecular formula is C30H31N3O5. The van der Waals surface area contributed by atoms with Gasteiger partial charge in [-0.05, 0) is 52.9 Å². The van der Waals surface area contributed by atoms with Gasteiger partial charge in [0.25, 0.3) is 5.91 Å². The molecule has 3 aromatic carbocycles. The van der Waals surface area contributed by atoms with Crippen molar-refractivity contribution < 1.29 is 23.9 Å². The number of nitrogens with one attached hydrogen (secondary N) is 2. The SMILES string of the molecule is CCC[C@@H](NC(=O)OCC1c2ccccc2-c2ccccc21)C(=O)Nc1ccc(N2CCOCC2=O)cc1. The topological polar surface area (TPSA) is 97.0 Å². The fourth-order valence-corrected chi connectivity index (χ4v) is 5.08. The number of amides is 3. The Labute approximate surface area is 221 Å². The van der Waals surface area contributed by atoms with Crippen LogP contribution in [-0.2, 0) is 19.1 Å². The highest BCUT2D eigenvalue weighted by molar-refractivity contribution is 5.98. The number of fused-ring (bicyclic) bond motifs is 3. The molecule has 2 N–H and O–H groups in total. The molecule has 1 fully saturated rings. The largest absolute Gasteiger partial charge is 0.449 e. The van der Waals surface area contributed by atoms with Gasteiger partial charge in [-0.15, -0.1) is 0 Å². The summed E-state index contributed by atoms with van der Waals surface area (Å²) in [6.07, 6.45) is 0.553. The van der Waals surface area contributed by atoms with Gasteiger partial charge in [-0.3, -0.25) is 9.59 Å². The minimum Gasteiger partial charge on any atom is -0.449 e. The minimum absolute atomic E-state index is 0.0523. The summed E-state index contributed by atoms with van der Waals surface area (Å²) in [5.41, 5.74) is 5.90. The maximum absolute atomic E-state index is 13.0. The van der Waals surface area contributed by atoms with E-state index in [1.807, 2.05) is 31.2 Å². The van der Waals surface area contributed by atoms with Crippen molar-refractivity contribution in [2.75, 3.05) is 36.6 Å². The molecule has 0 radical (unpaired) electrons. The Morgan fingerprint density at radius 2 is 1.66 bits per heavy atom. The Morgan fingerprint density at radius 1 is 1.00 bits per heavy atom. The zero-order valence-corrected chi connectivity index (χ0v) is 21.3. The third-order valence-corrected chi connectivity index (χ3v) is 6.96. The van der Waals surface area contributed by atoms with E-state index >= 15 is 0 Å². The molecule has 1 aliphatic carbocycles. The monoisotopic (exact) mass is 513 g/mol. The van der Waals surface area contributed by atoms with E-state index in [0.29, 0.717) is 31.7 Å². The van der Waals surface area contributed by atoms with Gasteiger partial charge in [-0.1, -0.05) is 61.9 Å². The summed E-state index contributed by atoms with van der Waals surface area (Å²) >= 11 is 0. The number of hydrogen-bond donors (Lipinski definition) is 2. The predicted molar refractivity (Wildman–Crippen MR) is 145 cm³/mol. The highest BCUT2D eigenvalue weighted by atomic mass is 16.5. The maximum atomic E-state index is 13.0. The van der Waals surface area contributed by atoms with E-state index in [0.717, 1.165) is 27.9 Å². The Balaban J connectivity index is 1.19. The first-order valence-electron chi connectivity index (χ1n) is 13.0. The first kappa shape index (κ1) is 25.5. The van der Waals surface area contributed by atoms with E-state index in [9.17, 15) is 14.4 Å². The standard InChI is InChI=1S/C30H31N3O5/c1-2-7-27(29(35)31-20-12-14-21(15-13-20)33-16-17-37-19-28(33)34)32-30(36)38-18-26-24-10-5-3-8-22(24)23-9-4-6-11-25(23)26/h3-6,8-15,26-27H,2,7,16-19H2,1H3,(H,31,35)(H,32,36)/t27-/m1/s1. The summed E-state index contributed by atoms with van der Waals surface area (Å²) in [6, 6.07) is 22.6. The van der Waals surface area contributed by atoms with Crippen LogP contribution in [0.5, 0.6) is 0 Å². The van der Waals surface area contributed by atoms with Gasteiger partial charge >= 0.3 is 6.09 Å². The predicted octanol–water partition coefficient (Wildman–Crippen LogP) is 4.70. The molecule has 0 spiro atoms. The normalized spacial score (nSPS) is 15.4. The molecule has 0 aromatic heterocycles. The van der Waals surface area contributed by atoms with Crippen molar-refractivity contribution >= 4 is 29.3 Å². The molecule has 0 unspecified atom stereocenters. The highest BCUT2D eigenvalue weighted by Gasteiger charge is 2.30. The maximum Gasteiger partial charge on any atom is 0.407 e. The van der Waals surface area contributed by atoms with Crippen molar-refractivity contribution in [2.45, 2.75) is 31.7 Å². The molecule has 196 valence electrons.